The Hall–Kier alpha value is -4.17. The van der Waals surface area contributed by atoms with Gasteiger partial charge in [0.25, 0.3) is 0 Å². The molecule has 1 aliphatic rings. The van der Waals surface area contributed by atoms with Crippen LogP contribution in [0.5, 0.6) is 0 Å². The van der Waals surface area contributed by atoms with Crippen molar-refractivity contribution >= 4 is 32.5 Å². The zero-order valence-corrected chi connectivity index (χ0v) is 22.1. The summed E-state index contributed by atoms with van der Waals surface area (Å²) in [5, 5.41) is 20.5. The average molecular weight is 532 g/mol. The molecule has 1 aliphatic carbocycles. The molecule has 5 rings (SSSR count). The Morgan fingerprint density at radius 1 is 1.18 bits per heavy atom. The Balaban J connectivity index is 1.54. The number of nitrogens with zero attached hydrogens (tertiary/aromatic N) is 5. The highest BCUT2D eigenvalue weighted by atomic mass is 32.2. The SMILES string of the molecule is CC(C)NC(=O)Nc1ccc(-c2c(C#N)c3ccc(S(=O)(=O)CCn4cncn4)cc3n2C2CCC2)cc1. The first kappa shape index (κ1) is 25.5. The molecule has 38 heavy (non-hydrogen) atoms. The fourth-order valence-corrected chi connectivity index (χ4v) is 5.96. The van der Waals surface area contributed by atoms with Crippen molar-refractivity contribution in [3.63, 3.8) is 0 Å². The lowest BCUT2D eigenvalue weighted by Gasteiger charge is -2.30. The summed E-state index contributed by atoms with van der Waals surface area (Å²) in [6, 6.07) is 14.7. The predicted octanol–water partition coefficient (Wildman–Crippen LogP) is 4.50. The van der Waals surface area contributed by atoms with Gasteiger partial charge < -0.3 is 15.2 Å². The Bertz CT molecular complexity index is 1610. The molecule has 0 aliphatic heterocycles. The van der Waals surface area contributed by atoms with Gasteiger partial charge in [0.1, 0.15) is 18.7 Å². The monoisotopic (exact) mass is 531 g/mol. The van der Waals surface area contributed by atoms with E-state index in [1.165, 1.54) is 17.3 Å². The van der Waals surface area contributed by atoms with Crippen LogP contribution in [-0.4, -0.2) is 45.6 Å². The minimum atomic E-state index is -3.59. The molecule has 0 bridgehead atoms. The second kappa shape index (κ2) is 10.3. The van der Waals surface area contributed by atoms with Crippen LogP contribution in [0.15, 0.2) is 60.0 Å². The van der Waals surface area contributed by atoms with Gasteiger partial charge in [0.05, 0.1) is 34.0 Å². The number of carbonyl (C=O) groups excluding carboxylic acids is 1. The van der Waals surface area contributed by atoms with Crippen molar-refractivity contribution in [2.24, 2.45) is 0 Å². The van der Waals surface area contributed by atoms with Gasteiger partial charge in [-0.1, -0.05) is 18.2 Å². The quantitative estimate of drug-likeness (QED) is 0.344. The van der Waals surface area contributed by atoms with E-state index in [9.17, 15) is 18.5 Å². The first-order chi connectivity index (χ1) is 18.3. The minimum Gasteiger partial charge on any atom is -0.336 e. The molecular formula is C27H29N7O3S. The lowest BCUT2D eigenvalue weighted by atomic mass is 9.92. The maximum absolute atomic E-state index is 13.2. The zero-order valence-electron chi connectivity index (χ0n) is 21.3. The Labute approximate surface area is 221 Å². The van der Waals surface area contributed by atoms with Crippen LogP contribution in [0.2, 0.25) is 0 Å². The van der Waals surface area contributed by atoms with Crippen LogP contribution in [0, 0.1) is 11.3 Å². The van der Waals surface area contributed by atoms with Crippen molar-refractivity contribution in [1.29, 1.82) is 5.26 Å². The lowest BCUT2D eigenvalue weighted by molar-refractivity contribution is 0.250. The molecule has 4 aromatic rings. The second-order valence-electron chi connectivity index (χ2n) is 9.78. The van der Waals surface area contributed by atoms with Crippen LogP contribution >= 0.6 is 0 Å². The summed E-state index contributed by atoms with van der Waals surface area (Å²) >= 11 is 0. The molecule has 2 amide bonds. The topological polar surface area (TPSA) is 135 Å². The summed E-state index contributed by atoms with van der Waals surface area (Å²) in [4.78, 5) is 16.2. The van der Waals surface area contributed by atoms with E-state index < -0.39 is 9.84 Å². The number of anilines is 1. The van der Waals surface area contributed by atoms with E-state index in [1.54, 1.807) is 30.3 Å². The molecule has 196 valence electrons. The van der Waals surface area contributed by atoms with Crippen LogP contribution in [-0.2, 0) is 16.4 Å². The molecule has 2 aromatic heterocycles. The number of aryl methyl sites for hydroxylation is 1. The van der Waals surface area contributed by atoms with Crippen molar-refractivity contribution < 1.29 is 13.2 Å². The fraction of sp³-hybridized carbons (Fsp3) is 0.333. The summed E-state index contributed by atoms with van der Waals surface area (Å²) in [6.45, 7) is 3.98. The predicted molar refractivity (Wildman–Crippen MR) is 144 cm³/mol. The van der Waals surface area contributed by atoms with Crippen LogP contribution in [0.25, 0.3) is 22.2 Å². The van der Waals surface area contributed by atoms with Gasteiger partial charge in [0, 0.05) is 23.2 Å². The zero-order chi connectivity index (χ0) is 26.9. The van der Waals surface area contributed by atoms with Gasteiger partial charge in [-0.15, -0.1) is 0 Å². The highest BCUT2D eigenvalue weighted by molar-refractivity contribution is 7.91. The third kappa shape index (κ3) is 4.99. The molecule has 2 N–H and O–H groups in total. The van der Waals surface area contributed by atoms with E-state index in [2.05, 4.69) is 31.4 Å². The molecule has 11 heteroatoms. The van der Waals surface area contributed by atoms with Crippen LogP contribution in [0.1, 0.15) is 44.7 Å². The van der Waals surface area contributed by atoms with Gasteiger partial charge in [0.15, 0.2) is 9.84 Å². The van der Waals surface area contributed by atoms with E-state index in [0.29, 0.717) is 11.3 Å². The number of nitrogens with one attached hydrogen (secondary N) is 2. The molecule has 0 unspecified atom stereocenters. The molecule has 2 aromatic carbocycles. The average Bonchev–Trinajstić information content (AvgIpc) is 3.48. The number of rotatable bonds is 8. The van der Waals surface area contributed by atoms with Gasteiger partial charge in [-0.3, -0.25) is 4.68 Å². The number of hydrogen-bond donors (Lipinski definition) is 2. The Kier molecular flexibility index (Phi) is 6.91. The van der Waals surface area contributed by atoms with Crippen molar-refractivity contribution in [1.82, 2.24) is 24.6 Å². The molecule has 2 heterocycles. The second-order valence-corrected chi connectivity index (χ2v) is 11.9. The summed E-state index contributed by atoms with van der Waals surface area (Å²) in [5.74, 6) is -0.108. The molecular weight excluding hydrogens is 502 g/mol. The third-order valence-electron chi connectivity index (χ3n) is 6.78. The first-order valence-electron chi connectivity index (χ1n) is 12.6. The number of nitriles is 1. The number of fused-ring (bicyclic) bond motifs is 1. The van der Waals surface area contributed by atoms with Crippen LogP contribution in [0.3, 0.4) is 0 Å². The molecule has 0 radical (unpaired) electrons. The van der Waals surface area contributed by atoms with Crippen molar-refractivity contribution in [3.8, 4) is 17.3 Å². The van der Waals surface area contributed by atoms with Crippen molar-refractivity contribution in [2.75, 3.05) is 11.1 Å². The summed E-state index contributed by atoms with van der Waals surface area (Å²) in [6.07, 6.45) is 5.86. The highest BCUT2D eigenvalue weighted by Gasteiger charge is 2.29. The molecule has 0 atom stereocenters. The van der Waals surface area contributed by atoms with E-state index in [0.717, 1.165) is 41.4 Å². The largest absolute Gasteiger partial charge is 0.336 e. The summed E-state index contributed by atoms with van der Waals surface area (Å²) < 4.78 is 30.0. The van der Waals surface area contributed by atoms with Gasteiger partial charge in [0.2, 0.25) is 0 Å². The smallest absolute Gasteiger partial charge is 0.319 e. The number of aromatic nitrogens is 4. The number of sulfone groups is 1. The standard InChI is InChI=1S/C27H29N7O3S/c1-18(2)31-27(35)32-20-8-6-19(7-9-20)26-24(15-28)23-11-10-22(14-25(23)34(26)21-4-3-5-21)38(36,37)13-12-33-17-29-16-30-33/h6-11,14,16-18,21H,3-5,12-13H2,1-2H3,(H2,31,32,35). The minimum absolute atomic E-state index is 0.0157. The van der Waals surface area contributed by atoms with Gasteiger partial charge in [-0.2, -0.15) is 10.4 Å². The normalized spacial score (nSPS) is 13.8. The highest BCUT2D eigenvalue weighted by Crippen LogP contribution is 2.43. The molecule has 10 nitrogen and oxygen atoms in total. The van der Waals surface area contributed by atoms with Gasteiger partial charge >= 0.3 is 6.03 Å². The maximum Gasteiger partial charge on any atom is 0.319 e. The maximum atomic E-state index is 13.2. The number of amides is 2. The van der Waals surface area contributed by atoms with E-state index in [-0.39, 0.29) is 35.3 Å². The molecule has 0 spiro atoms. The number of benzene rings is 2. The third-order valence-corrected chi connectivity index (χ3v) is 8.47. The number of carbonyl (C=O) groups is 1. The van der Waals surface area contributed by atoms with Crippen molar-refractivity contribution in [3.05, 3.63) is 60.7 Å². The summed E-state index contributed by atoms with van der Waals surface area (Å²) in [5.41, 5.74) is 3.48. The fourth-order valence-electron chi connectivity index (χ4n) is 4.73. The van der Waals surface area contributed by atoms with Gasteiger partial charge in [-0.05, 0) is 62.9 Å². The van der Waals surface area contributed by atoms with Crippen LogP contribution in [0.4, 0.5) is 10.5 Å². The number of hydrogen-bond acceptors (Lipinski definition) is 6. The Morgan fingerprint density at radius 3 is 2.55 bits per heavy atom. The molecule has 1 saturated carbocycles. The van der Waals surface area contributed by atoms with Crippen molar-refractivity contribution in [2.45, 2.75) is 56.6 Å². The Morgan fingerprint density at radius 2 is 1.95 bits per heavy atom. The van der Waals surface area contributed by atoms with E-state index in [1.807, 2.05) is 26.0 Å². The molecule has 1 fully saturated rings. The summed E-state index contributed by atoms with van der Waals surface area (Å²) in [7, 11) is -3.59. The van der Waals surface area contributed by atoms with Gasteiger partial charge in [-0.25, -0.2) is 18.2 Å². The van der Waals surface area contributed by atoms with E-state index >= 15 is 0 Å². The lowest BCUT2D eigenvalue weighted by Crippen LogP contribution is -2.34. The van der Waals surface area contributed by atoms with E-state index in [4.69, 9.17) is 0 Å². The first-order valence-corrected chi connectivity index (χ1v) is 14.2. The molecule has 0 saturated heterocycles. The van der Waals surface area contributed by atoms with Crippen LogP contribution < -0.4 is 10.6 Å². The number of urea groups is 1.